The summed E-state index contributed by atoms with van der Waals surface area (Å²) in [7, 11) is 0. The Balaban J connectivity index is 1.78. The zero-order valence-electron chi connectivity index (χ0n) is 18.3. The molecule has 1 heterocycles. The van der Waals surface area contributed by atoms with Gasteiger partial charge in [-0.3, -0.25) is 0 Å². The van der Waals surface area contributed by atoms with E-state index in [2.05, 4.69) is 106 Å². The third kappa shape index (κ3) is 4.75. The number of aryl methyl sites for hydroxylation is 3. The standard InChI is InChI=1S/C28H27N3/c1-20-7-4-10-23(15-20)24(13-14-29)18-26-19-28(25-11-5-8-21(2)16-25)31(30-26)27-12-6-9-22(3)17-27/h4-12,15-17,19,24H,13,18H2,1-3H3. The first kappa shape index (κ1) is 20.6. The molecule has 3 aromatic carbocycles. The van der Waals surface area contributed by atoms with Crippen LogP contribution in [0.2, 0.25) is 0 Å². The lowest BCUT2D eigenvalue weighted by molar-refractivity contribution is 0.677. The fourth-order valence-electron chi connectivity index (χ4n) is 4.09. The van der Waals surface area contributed by atoms with Gasteiger partial charge in [0.05, 0.1) is 23.1 Å². The molecule has 3 nitrogen and oxygen atoms in total. The number of aromatic nitrogens is 2. The quantitative estimate of drug-likeness (QED) is 0.358. The summed E-state index contributed by atoms with van der Waals surface area (Å²) >= 11 is 0. The summed E-state index contributed by atoms with van der Waals surface area (Å²) in [4.78, 5) is 0. The highest BCUT2D eigenvalue weighted by atomic mass is 15.3. The highest BCUT2D eigenvalue weighted by molar-refractivity contribution is 5.63. The Labute approximate surface area is 184 Å². The van der Waals surface area contributed by atoms with E-state index in [-0.39, 0.29) is 5.92 Å². The molecule has 3 heteroatoms. The summed E-state index contributed by atoms with van der Waals surface area (Å²) in [6.45, 7) is 6.30. The smallest absolute Gasteiger partial charge is 0.0743 e. The van der Waals surface area contributed by atoms with Crippen LogP contribution in [-0.4, -0.2) is 9.78 Å². The number of benzene rings is 3. The summed E-state index contributed by atoms with van der Waals surface area (Å²) in [5.74, 6) is 0.121. The predicted octanol–water partition coefficient (Wildman–Crippen LogP) is 6.70. The van der Waals surface area contributed by atoms with Crippen LogP contribution in [0.3, 0.4) is 0 Å². The van der Waals surface area contributed by atoms with Crippen LogP contribution in [0, 0.1) is 32.1 Å². The molecular weight excluding hydrogens is 378 g/mol. The molecule has 0 fully saturated rings. The predicted molar refractivity (Wildman–Crippen MR) is 126 cm³/mol. The van der Waals surface area contributed by atoms with E-state index in [0.29, 0.717) is 6.42 Å². The van der Waals surface area contributed by atoms with Crippen molar-refractivity contribution in [3.8, 4) is 23.0 Å². The summed E-state index contributed by atoms with van der Waals surface area (Å²) in [6.07, 6.45) is 1.20. The summed E-state index contributed by atoms with van der Waals surface area (Å²) < 4.78 is 2.04. The molecule has 0 amide bonds. The molecule has 4 aromatic rings. The minimum Gasteiger partial charge on any atom is -0.233 e. The van der Waals surface area contributed by atoms with Crippen LogP contribution in [0.4, 0.5) is 0 Å². The van der Waals surface area contributed by atoms with Crippen LogP contribution in [0.1, 0.15) is 40.3 Å². The van der Waals surface area contributed by atoms with E-state index in [1.54, 1.807) is 0 Å². The minimum absolute atomic E-state index is 0.121. The molecule has 0 saturated carbocycles. The Bertz CT molecular complexity index is 1180. The first-order valence-electron chi connectivity index (χ1n) is 10.7. The van der Waals surface area contributed by atoms with Gasteiger partial charge >= 0.3 is 0 Å². The second kappa shape index (κ2) is 9.02. The molecule has 1 unspecified atom stereocenters. The molecule has 0 spiro atoms. The highest BCUT2D eigenvalue weighted by Gasteiger charge is 2.18. The third-order valence-corrected chi connectivity index (χ3v) is 5.63. The van der Waals surface area contributed by atoms with Crippen LogP contribution in [0.15, 0.2) is 78.9 Å². The van der Waals surface area contributed by atoms with Gasteiger partial charge in [0.15, 0.2) is 0 Å². The zero-order valence-corrected chi connectivity index (χ0v) is 18.3. The van der Waals surface area contributed by atoms with Gasteiger partial charge in [-0.05, 0) is 62.6 Å². The number of hydrogen-bond acceptors (Lipinski definition) is 2. The van der Waals surface area contributed by atoms with E-state index in [0.717, 1.165) is 29.1 Å². The second-order valence-corrected chi connectivity index (χ2v) is 8.32. The Hall–Kier alpha value is -3.64. The molecule has 0 aliphatic rings. The van der Waals surface area contributed by atoms with Crippen molar-refractivity contribution in [1.82, 2.24) is 9.78 Å². The van der Waals surface area contributed by atoms with Crippen molar-refractivity contribution >= 4 is 0 Å². The molecule has 154 valence electrons. The number of rotatable bonds is 6. The van der Waals surface area contributed by atoms with Gasteiger partial charge < -0.3 is 0 Å². The maximum Gasteiger partial charge on any atom is 0.0743 e. The van der Waals surface area contributed by atoms with Crippen LogP contribution < -0.4 is 0 Å². The molecule has 0 bridgehead atoms. The average molecular weight is 406 g/mol. The lowest BCUT2D eigenvalue weighted by Gasteiger charge is -2.13. The van der Waals surface area contributed by atoms with E-state index in [1.807, 2.05) is 4.68 Å². The molecule has 1 atom stereocenters. The van der Waals surface area contributed by atoms with E-state index in [4.69, 9.17) is 5.10 Å². The first-order chi connectivity index (χ1) is 15.0. The molecule has 31 heavy (non-hydrogen) atoms. The fraction of sp³-hybridized carbons (Fsp3) is 0.214. The topological polar surface area (TPSA) is 41.6 Å². The van der Waals surface area contributed by atoms with Crippen molar-refractivity contribution < 1.29 is 0 Å². The van der Waals surface area contributed by atoms with Crippen LogP contribution in [-0.2, 0) is 6.42 Å². The normalized spacial score (nSPS) is 11.8. The van der Waals surface area contributed by atoms with E-state index in [9.17, 15) is 5.26 Å². The van der Waals surface area contributed by atoms with Gasteiger partial charge in [0, 0.05) is 17.9 Å². The number of nitrogens with zero attached hydrogens (tertiary/aromatic N) is 3. The number of nitriles is 1. The molecule has 0 N–H and O–H groups in total. The Morgan fingerprint density at radius 3 is 2.19 bits per heavy atom. The van der Waals surface area contributed by atoms with Gasteiger partial charge in [0.2, 0.25) is 0 Å². The number of hydrogen-bond donors (Lipinski definition) is 0. The van der Waals surface area contributed by atoms with Gasteiger partial charge in [0.1, 0.15) is 0 Å². The van der Waals surface area contributed by atoms with Crippen molar-refractivity contribution in [3.63, 3.8) is 0 Å². The Morgan fingerprint density at radius 2 is 1.52 bits per heavy atom. The van der Waals surface area contributed by atoms with Crippen LogP contribution in [0.5, 0.6) is 0 Å². The Morgan fingerprint density at radius 1 is 0.839 bits per heavy atom. The molecule has 0 radical (unpaired) electrons. The second-order valence-electron chi connectivity index (χ2n) is 8.32. The third-order valence-electron chi connectivity index (χ3n) is 5.63. The lowest BCUT2D eigenvalue weighted by Crippen LogP contribution is -2.05. The molecule has 0 aliphatic carbocycles. The molecule has 0 aliphatic heterocycles. The highest BCUT2D eigenvalue weighted by Crippen LogP contribution is 2.29. The monoisotopic (exact) mass is 405 g/mol. The van der Waals surface area contributed by atoms with Crippen LogP contribution in [0.25, 0.3) is 16.9 Å². The Kier molecular flexibility index (Phi) is 6.00. The van der Waals surface area contributed by atoms with Gasteiger partial charge in [-0.2, -0.15) is 10.4 Å². The summed E-state index contributed by atoms with van der Waals surface area (Å²) in [5, 5.41) is 14.5. The van der Waals surface area contributed by atoms with Crippen molar-refractivity contribution in [2.45, 2.75) is 39.5 Å². The molecular formula is C28H27N3. The first-order valence-corrected chi connectivity index (χ1v) is 10.7. The van der Waals surface area contributed by atoms with E-state index >= 15 is 0 Å². The minimum atomic E-state index is 0.121. The molecule has 1 aromatic heterocycles. The maximum absolute atomic E-state index is 9.45. The van der Waals surface area contributed by atoms with Gasteiger partial charge in [0.25, 0.3) is 0 Å². The van der Waals surface area contributed by atoms with Crippen molar-refractivity contribution in [1.29, 1.82) is 5.26 Å². The van der Waals surface area contributed by atoms with E-state index in [1.165, 1.54) is 22.3 Å². The zero-order chi connectivity index (χ0) is 21.8. The fourth-order valence-corrected chi connectivity index (χ4v) is 4.09. The van der Waals surface area contributed by atoms with Crippen LogP contribution >= 0.6 is 0 Å². The molecule has 0 saturated heterocycles. The largest absolute Gasteiger partial charge is 0.233 e. The maximum atomic E-state index is 9.45. The molecule has 4 rings (SSSR count). The average Bonchev–Trinajstić information content (AvgIpc) is 3.17. The van der Waals surface area contributed by atoms with Gasteiger partial charge in [-0.25, -0.2) is 4.68 Å². The van der Waals surface area contributed by atoms with Gasteiger partial charge in [-0.15, -0.1) is 0 Å². The summed E-state index contributed by atoms with van der Waals surface area (Å²) in [5.41, 5.74) is 9.10. The van der Waals surface area contributed by atoms with Gasteiger partial charge in [-0.1, -0.05) is 65.7 Å². The van der Waals surface area contributed by atoms with E-state index < -0.39 is 0 Å². The SMILES string of the molecule is Cc1cccc(-c2cc(CC(CC#N)c3cccc(C)c3)nn2-c2cccc(C)c2)c1. The van der Waals surface area contributed by atoms with Crippen molar-refractivity contribution in [2.24, 2.45) is 0 Å². The lowest BCUT2D eigenvalue weighted by atomic mass is 9.90. The van der Waals surface area contributed by atoms with Crippen molar-refractivity contribution in [3.05, 3.63) is 107 Å². The van der Waals surface area contributed by atoms with Crippen molar-refractivity contribution in [2.75, 3.05) is 0 Å². The summed E-state index contributed by atoms with van der Waals surface area (Å²) in [6, 6.07) is 29.9.